The predicted molar refractivity (Wildman–Crippen MR) is 136 cm³/mol. The van der Waals surface area contributed by atoms with E-state index >= 15 is 0 Å². The largest absolute Gasteiger partial charge is 0.508 e. The van der Waals surface area contributed by atoms with Gasteiger partial charge in [0.05, 0.1) is 6.61 Å². The Labute approximate surface area is 218 Å². The average Bonchev–Trinajstić information content (AvgIpc) is 2.82. The van der Waals surface area contributed by atoms with E-state index in [1.54, 1.807) is 19.9 Å². The van der Waals surface area contributed by atoms with Gasteiger partial charge in [0.15, 0.2) is 11.5 Å². The van der Waals surface area contributed by atoms with Crippen molar-refractivity contribution in [1.29, 1.82) is 0 Å². The van der Waals surface area contributed by atoms with Crippen LogP contribution in [0.25, 0.3) is 0 Å². The predicted octanol–water partition coefficient (Wildman–Crippen LogP) is 4.82. The lowest BCUT2D eigenvalue weighted by atomic mass is 9.87. The third-order valence-corrected chi connectivity index (χ3v) is 6.13. The Morgan fingerprint density at radius 1 is 0.892 bits per heavy atom. The second-order valence-electron chi connectivity index (χ2n) is 9.41. The Morgan fingerprint density at radius 3 is 1.92 bits per heavy atom. The maximum Gasteiger partial charge on any atom is 0.508 e. The zero-order chi connectivity index (χ0) is 28.1. The van der Waals surface area contributed by atoms with E-state index in [1.165, 1.54) is 12.1 Å². The number of carboxylic acids is 1. The van der Waals surface area contributed by atoms with Crippen molar-refractivity contribution in [3.05, 3.63) is 23.8 Å². The molecule has 0 saturated carbocycles. The van der Waals surface area contributed by atoms with Crippen molar-refractivity contribution in [3.8, 4) is 11.5 Å². The average molecular weight is 524 g/mol. The molecule has 1 aromatic rings. The van der Waals surface area contributed by atoms with Crippen LogP contribution in [0.2, 0.25) is 0 Å². The summed E-state index contributed by atoms with van der Waals surface area (Å²) in [5.41, 5.74) is 6.41. The summed E-state index contributed by atoms with van der Waals surface area (Å²) < 4.78 is 21.0. The van der Waals surface area contributed by atoms with Crippen LogP contribution in [-0.4, -0.2) is 47.9 Å². The SMILES string of the molecule is CCOC(=O)OC(C)CC(c1ccc(OC(=O)CC(C)CC)c(OC(=O)CC(C)CC)c1)[C@H](N)C(=O)O. The van der Waals surface area contributed by atoms with E-state index in [2.05, 4.69) is 0 Å². The Morgan fingerprint density at radius 2 is 1.43 bits per heavy atom. The number of carbonyl (C=O) groups is 4. The van der Waals surface area contributed by atoms with Gasteiger partial charge >= 0.3 is 24.1 Å². The van der Waals surface area contributed by atoms with Crippen LogP contribution < -0.4 is 15.2 Å². The van der Waals surface area contributed by atoms with Crippen LogP contribution >= 0.6 is 0 Å². The van der Waals surface area contributed by atoms with Crippen LogP contribution in [0.1, 0.15) is 85.1 Å². The molecule has 0 saturated heterocycles. The first-order chi connectivity index (χ1) is 17.4. The number of esters is 2. The fraction of sp³-hybridized carbons (Fsp3) is 0.630. The minimum atomic E-state index is -1.35. The first-order valence-electron chi connectivity index (χ1n) is 12.8. The van der Waals surface area contributed by atoms with E-state index in [0.717, 1.165) is 12.8 Å². The first kappa shape index (κ1) is 31.9. The first-order valence-corrected chi connectivity index (χ1v) is 12.8. The molecular formula is C27H41NO9. The summed E-state index contributed by atoms with van der Waals surface area (Å²) in [4.78, 5) is 48.5. The number of hydrogen-bond donors (Lipinski definition) is 2. The Balaban J connectivity index is 3.34. The summed E-state index contributed by atoms with van der Waals surface area (Å²) in [6.45, 7) is 11.1. The molecule has 0 heterocycles. The summed E-state index contributed by atoms with van der Waals surface area (Å²) in [7, 11) is 0. The van der Waals surface area contributed by atoms with Gasteiger partial charge in [-0.25, -0.2) is 4.79 Å². The highest BCUT2D eigenvalue weighted by Crippen LogP contribution is 2.35. The molecule has 0 aliphatic rings. The van der Waals surface area contributed by atoms with Gasteiger partial charge in [0.25, 0.3) is 0 Å². The van der Waals surface area contributed by atoms with Gasteiger partial charge in [0.1, 0.15) is 12.1 Å². The van der Waals surface area contributed by atoms with Crippen LogP contribution in [0.3, 0.4) is 0 Å². The molecule has 0 fully saturated rings. The number of benzene rings is 1. The van der Waals surface area contributed by atoms with Crippen LogP contribution in [0.4, 0.5) is 4.79 Å². The van der Waals surface area contributed by atoms with Gasteiger partial charge in [0, 0.05) is 18.8 Å². The van der Waals surface area contributed by atoms with Crippen LogP contribution in [-0.2, 0) is 23.9 Å². The van der Waals surface area contributed by atoms with E-state index in [0.29, 0.717) is 5.56 Å². The van der Waals surface area contributed by atoms with Crippen LogP contribution in [0, 0.1) is 11.8 Å². The van der Waals surface area contributed by atoms with Gasteiger partial charge in [-0.05, 0) is 49.8 Å². The molecule has 0 radical (unpaired) electrons. The van der Waals surface area contributed by atoms with Crippen molar-refractivity contribution in [2.24, 2.45) is 17.6 Å². The van der Waals surface area contributed by atoms with E-state index in [4.69, 9.17) is 24.7 Å². The number of carboxylic acid groups (broad SMARTS) is 1. The Bertz CT molecular complexity index is 917. The van der Waals surface area contributed by atoms with Gasteiger partial charge in [-0.15, -0.1) is 0 Å². The molecule has 10 nitrogen and oxygen atoms in total. The normalized spacial score (nSPS) is 15.0. The molecule has 10 heteroatoms. The molecule has 0 aliphatic carbocycles. The topological polar surface area (TPSA) is 151 Å². The molecule has 0 spiro atoms. The lowest BCUT2D eigenvalue weighted by molar-refractivity contribution is -0.139. The number of hydrogen-bond acceptors (Lipinski definition) is 9. The molecule has 1 aromatic carbocycles. The third kappa shape index (κ3) is 11.2. The Kier molecular flexibility index (Phi) is 13.7. The van der Waals surface area contributed by atoms with Crippen molar-refractivity contribution in [2.45, 2.75) is 91.7 Å². The monoisotopic (exact) mass is 523 g/mol. The van der Waals surface area contributed by atoms with E-state index in [-0.39, 0.29) is 49.2 Å². The maximum atomic E-state index is 12.6. The molecule has 1 rings (SSSR count). The van der Waals surface area contributed by atoms with Crippen LogP contribution in [0.5, 0.6) is 11.5 Å². The van der Waals surface area contributed by atoms with Crippen molar-refractivity contribution >= 4 is 24.1 Å². The molecule has 208 valence electrons. The molecule has 0 bridgehead atoms. The lowest BCUT2D eigenvalue weighted by Crippen LogP contribution is -2.38. The number of nitrogens with two attached hydrogens (primary N) is 1. The summed E-state index contributed by atoms with van der Waals surface area (Å²) in [5, 5.41) is 9.60. The van der Waals surface area contributed by atoms with Gasteiger partial charge < -0.3 is 29.8 Å². The minimum absolute atomic E-state index is 0.00939. The van der Waals surface area contributed by atoms with Gasteiger partial charge in [-0.3, -0.25) is 14.4 Å². The molecule has 5 atom stereocenters. The molecule has 0 aromatic heterocycles. The van der Waals surface area contributed by atoms with Crippen molar-refractivity contribution < 1.29 is 43.2 Å². The van der Waals surface area contributed by atoms with Gasteiger partial charge in [-0.1, -0.05) is 46.6 Å². The fourth-order valence-electron chi connectivity index (χ4n) is 3.49. The lowest BCUT2D eigenvalue weighted by Gasteiger charge is -2.25. The smallest absolute Gasteiger partial charge is 0.480 e. The molecule has 3 N–H and O–H groups in total. The molecule has 4 unspecified atom stereocenters. The van der Waals surface area contributed by atoms with Crippen molar-refractivity contribution in [1.82, 2.24) is 0 Å². The van der Waals surface area contributed by atoms with Crippen molar-refractivity contribution in [3.63, 3.8) is 0 Å². The standard InChI is InChI=1S/C27H41NO9/c1-7-16(4)12-23(29)36-21-11-10-19(15-22(21)37-24(30)13-17(5)8-2)20(25(28)26(31)32)14-18(6)35-27(33)34-9-3/h10-11,15-18,20,25H,7-9,12-14,28H2,1-6H3,(H,31,32)/t16?,17?,18?,20?,25-/m0/s1. The molecule has 37 heavy (non-hydrogen) atoms. The third-order valence-electron chi connectivity index (χ3n) is 6.13. The number of rotatable bonds is 15. The summed E-state index contributed by atoms with van der Waals surface area (Å²) in [6, 6.07) is 3.11. The van der Waals surface area contributed by atoms with E-state index < -0.39 is 42.1 Å². The number of aliphatic carboxylic acids is 1. The highest BCUT2D eigenvalue weighted by Gasteiger charge is 2.30. The zero-order valence-corrected chi connectivity index (χ0v) is 22.7. The molecule has 0 amide bonds. The second kappa shape index (κ2) is 15.9. The highest BCUT2D eigenvalue weighted by atomic mass is 16.7. The fourth-order valence-corrected chi connectivity index (χ4v) is 3.49. The summed E-state index contributed by atoms with van der Waals surface area (Å²) in [5.74, 6) is -2.83. The summed E-state index contributed by atoms with van der Waals surface area (Å²) in [6.07, 6.45) is 0.377. The molecular weight excluding hydrogens is 482 g/mol. The number of carbonyl (C=O) groups excluding carboxylic acids is 3. The summed E-state index contributed by atoms with van der Waals surface area (Å²) >= 11 is 0. The quantitative estimate of drug-likeness (QED) is 0.242. The minimum Gasteiger partial charge on any atom is -0.480 e. The highest BCUT2D eigenvalue weighted by molar-refractivity contribution is 5.77. The second-order valence-corrected chi connectivity index (χ2v) is 9.41. The maximum absolute atomic E-state index is 12.6. The number of ether oxygens (including phenoxy) is 4. The van der Waals surface area contributed by atoms with Gasteiger partial charge in [0.2, 0.25) is 0 Å². The van der Waals surface area contributed by atoms with E-state index in [9.17, 15) is 24.3 Å². The van der Waals surface area contributed by atoms with Crippen molar-refractivity contribution in [2.75, 3.05) is 6.61 Å². The van der Waals surface area contributed by atoms with Crippen LogP contribution in [0.15, 0.2) is 18.2 Å². The Hall–Kier alpha value is -3.14. The zero-order valence-electron chi connectivity index (χ0n) is 22.7. The van der Waals surface area contributed by atoms with Gasteiger partial charge in [-0.2, -0.15) is 0 Å². The molecule has 0 aliphatic heterocycles. The van der Waals surface area contributed by atoms with E-state index in [1.807, 2.05) is 27.7 Å².